The van der Waals surface area contributed by atoms with Crippen LogP contribution in [0.1, 0.15) is 12.5 Å². The summed E-state index contributed by atoms with van der Waals surface area (Å²) in [6.45, 7) is 2.17. The molecular weight excluding hydrogens is 300 g/mol. The van der Waals surface area contributed by atoms with Gasteiger partial charge in [-0.3, -0.25) is 4.98 Å². The summed E-state index contributed by atoms with van der Waals surface area (Å²) in [5.74, 6) is 0. The van der Waals surface area contributed by atoms with Crippen LogP contribution in [0.5, 0.6) is 0 Å². The van der Waals surface area contributed by atoms with Crippen LogP contribution in [-0.2, 0) is 6.42 Å². The second-order valence-corrected chi connectivity index (χ2v) is 5.98. The maximum atomic E-state index is 4.28. The smallest absolute Gasteiger partial charge is 0.123 e. The van der Waals surface area contributed by atoms with E-state index in [0.29, 0.717) is 0 Å². The Morgan fingerprint density at radius 1 is 0.870 bits per heavy atom. The second-order valence-electron chi connectivity index (χ2n) is 5.09. The lowest BCUT2D eigenvalue weighted by atomic mass is 10.1. The van der Waals surface area contributed by atoms with Gasteiger partial charge in [-0.1, -0.05) is 49.4 Å². The van der Waals surface area contributed by atoms with Crippen LogP contribution in [0.4, 0.5) is 0 Å². The lowest BCUT2D eigenvalue weighted by Gasteiger charge is -1.99. The van der Waals surface area contributed by atoms with E-state index in [2.05, 4.69) is 53.3 Å². The quantitative estimate of drug-likeness (QED) is 0.480. The predicted octanol–water partition coefficient (Wildman–Crippen LogP) is 5.61. The first kappa shape index (κ1) is 15.4. The van der Waals surface area contributed by atoms with Gasteiger partial charge in [-0.05, 0) is 30.2 Å². The normalized spacial score (nSPS) is 10.1. The Morgan fingerprint density at radius 3 is 2.52 bits per heavy atom. The fraction of sp³-hybridized carbons (Fsp3) is 0.100. The monoisotopic (exact) mass is 318 g/mol. The lowest BCUT2D eigenvalue weighted by molar-refractivity contribution is 1.14. The standard InChI is InChI=1S/C11H11NS.C9H7N/c1-2-9-4-3-5-10(8-9)11-12-6-7-13-11;1-2-6-9-8(4-1)5-3-7-10-9/h3-8H,2H2,1H3;1-7H. The van der Waals surface area contributed by atoms with Crippen LogP contribution in [0.2, 0.25) is 0 Å². The van der Waals surface area contributed by atoms with E-state index in [-0.39, 0.29) is 0 Å². The topological polar surface area (TPSA) is 25.8 Å². The number of hydrogen-bond acceptors (Lipinski definition) is 3. The Bertz CT molecular complexity index is 804. The average Bonchev–Trinajstić information content (AvgIpc) is 3.17. The molecule has 114 valence electrons. The molecule has 2 nitrogen and oxygen atoms in total. The maximum absolute atomic E-state index is 4.28. The Morgan fingerprint density at radius 2 is 1.74 bits per heavy atom. The molecule has 0 spiro atoms. The largest absolute Gasteiger partial charge is 0.256 e. The van der Waals surface area contributed by atoms with Gasteiger partial charge in [0.05, 0.1) is 5.52 Å². The van der Waals surface area contributed by atoms with Gasteiger partial charge in [0.1, 0.15) is 5.01 Å². The number of hydrogen-bond donors (Lipinski definition) is 0. The van der Waals surface area contributed by atoms with E-state index in [9.17, 15) is 0 Å². The van der Waals surface area contributed by atoms with E-state index in [0.717, 1.165) is 16.9 Å². The van der Waals surface area contributed by atoms with E-state index in [1.165, 1.54) is 16.5 Å². The zero-order chi connectivity index (χ0) is 15.9. The van der Waals surface area contributed by atoms with Crippen molar-refractivity contribution in [3.63, 3.8) is 0 Å². The van der Waals surface area contributed by atoms with Crippen LogP contribution in [0.3, 0.4) is 0 Å². The van der Waals surface area contributed by atoms with E-state index < -0.39 is 0 Å². The van der Waals surface area contributed by atoms with Crippen molar-refractivity contribution in [3.05, 3.63) is 84.0 Å². The number of rotatable bonds is 2. The molecule has 4 rings (SSSR count). The minimum atomic E-state index is 1.06. The Labute approximate surface area is 140 Å². The summed E-state index contributed by atoms with van der Waals surface area (Å²) in [7, 11) is 0. The Hall–Kier alpha value is -2.52. The zero-order valence-electron chi connectivity index (χ0n) is 13.0. The van der Waals surface area contributed by atoms with Gasteiger partial charge >= 0.3 is 0 Å². The van der Waals surface area contributed by atoms with Crippen LogP contribution < -0.4 is 0 Å². The molecule has 0 fully saturated rings. The molecule has 0 unspecified atom stereocenters. The van der Waals surface area contributed by atoms with Crippen molar-refractivity contribution in [1.29, 1.82) is 0 Å². The molecule has 0 bridgehead atoms. The first-order valence-corrected chi connectivity index (χ1v) is 8.53. The highest BCUT2D eigenvalue weighted by atomic mass is 32.1. The van der Waals surface area contributed by atoms with Crippen molar-refractivity contribution in [2.45, 2.75) is 13.3 Å². The molecule has 23 heavy (non-hydrogen) atoms. The van der Waals surface area contributed by atoms with Crippen LogP contribution in [0.15, 0.2) is 78.4 Å². The number of para-hydroxylation sites is 1. The van der Waals surface area contributed by atoms with Gasteiger partial charge in [0.15, 0.2) is 0 Å². The number of fused-ring (bicyclic) bond motifs is 1. The van der Waals surface area contributed by atoms with Crippen LogP contribution in [0.25, 0.3) is 21.5 Å². The third-order valence-corrected chi connectivity index (χ3v) is 4.35. The molecular formula is C20H18N2S. The summed E-state index contributed by atoms with van der Waals surface area (Å²) >= 11 is 1.68. The highest BCUT2D eigenvalue weighted by Crippen LogP contribution is 2.22. The molecule has 0 radical (unpaired) electrons. The van der Waals surface area contributed by atoms with Gasteiger partial charge in [0.2, 0.25) is 0 Å². The molecule has 0 atom stereocenters. The molecule has 4 aromatic rings. The number of pyridine rings is 1. The van der Waals surface area contributed by atoms with E-state index >= 15 is 0 Å². The van der Waals surface area contributed by atoms with Crippen molar-refractivity contribution in [2.24, 2.45) is 0 Å². The summed E-state index contributed by atoms with van der Waals surface area (Å²) in [5, 5.41) is 4.31. The van der Waals surface area contributed by atoms with Crippen LogP contribution in [0, 0.1) is 0 Å². The highest BCUT2D eigenvalue weighted by Gasteiger charge is 1.99. The van der Waals surface area contributed by atoms with E-state index in [1.807, 2.05) is 42.0 Å². The first-order valence-electron chi connectivity index (χ1n) is 7.65. The van der Waals surface area contributed by atoms with Gasteiger partial charge in [0, 0.05) is 28.7 Å². The number of aromatic nitrogens is 2. The molecule has 3 heteroatoms. The molecule has 0 amide bonds. The van der Waals surface area contributed by atoms with Gasteiger partial charge < -0.3 is 0 Å². The average molecular weight is 318 g/mol. The van der Waals surface area contributed by atoms with Crippen molar-refractivity contribution in [1.82, 2.24) is 9.97 Å². The highest BCUT2D eigenvalue weighted by molar-refractivity contribution is 7.13. The fourth-order valence-electron chi connectivity index (χ4n) is 2.31. The number of nitrogens with zero attached hydrogens (tertiary/aromatic N) is 2. The SMILES string of the molecule is CCc1cccc(-c2nccs2)c1.c1ccc2ncccc2c1. The number of benzene rings is 2. The fourth-order valence-corrected chi connectivity index (χ4v) is 2.94. The van der Waals surface area contributed by atoms with Gasteiger partial charge in [-0.25, -0.2) is 4.98 Å². The summed E-state index contributed by atoms with van der Waals surface area (Å²) in [4.78, 5) is 8.46. The van der Waals surface area contributed by atoms with Crippen molar-refractivity contribution in [3.8, 4) is 10.6 Å². The molecule has 0 saturated carbocycles. The van der Waals surface area contributed by atoms with Crippen LogP contribution >= 0.6 is 11.3 Å². The summed E-state index contributed by atoms with van der Waals surface area (Å²) in [6.07, 6.45) is 4.74. The number of thiazole rings is 1. The van der Waals surface area contributed by atoms with Crippen molar-refractivity contribution in [2.75, 3.05) is 0 Å². The minimum absolute atomic E-state index is 1.06. The third-order valence-electron chi connectivity index (χ3n) is 3.53. The van der Waals surface area contributed by atoms with E-state index in [4.69, 9.17) is 0 Å². The van der Waals surface area contributed by atoms with Crippen molar-refractivity contribution >= 4 is 22.2 Å². The van der Waals surface area contributed by atoms with Crippen molar-refractivity contribution < 1.29 is 0 Å². The number of aryl methyl sites for hydroxylation is 1. The molecule has 0 aliphatic rings. The molecule has 0 saturated heterocycles. The Kier molecular flexibility index (Phi) is 5.12. The molecule has 2 heterocycles. The van der Waals surface area contributed by atoms with Crippen LogP contribution in [-0.4, -0.2) is 9.97 Å². The molecule has 0 N–H and O–H groups in total. The summed E-state index contributed by atoms with van der Waals surface area (Å²) < 4.78 is 0. The first-order chi connectivity index (χ1) is 11.4. The van der Waals surface area contributed by atoms with Gasteiger partial charge in [-0.2, -0.15) is 0 Å². The minimum Gasteiger partial charge on any atom is -0.256 e. The molecule has 0 aliphatic heterocycles. The molecule has 0 aliphatic carbocycles. The maximum Gasteiger partial charge on any atom is 0.123 e. The van der Waals surface area contributed by atoms with Gasteiger partial charge in [-0.15, -0.1) is 11.3 Å². The predicted molar refractivity (Wildman–Crippen MR) is 98.7 cm³/mol. The zero-order valence-corrected chi connectivity index (χ0v) is 13.8. The third kappa shape index (κ3) is 4.02. The van der Waals surface area contributed by atoms with E-state index in [1.54, 1.807) is 11.3 Å². The lowest BCUT2D eigenvalue weighted by Crippen LogP contribution is -1.81. The molecule has 2 aromatic heterocycles. The molecule has 2 aromatic carbocycles. The Balaban J connectivity index is 0.000000140. The van der Waals surface area contributed by atoms with Gasteiger partial charge in [0.25, 0.3) is 0 Å². The summed E-state index contributed by atoms with van der Waals surface area (Å²) in [6, 6.07) is 20.6. The second kappa shape index (κ2) is 7.65. The summed E-state index contributed by atoms with van der Waals surface area (Å²) in [5.41, 5.74) is 3.66.